The number of nitrogens with zero attached hydrogens (tertiary/aromatic N) is 2. The minimum Gasteiger partial charge on any atom is -0.495 e. The summed E-state index contributed by atoms with van der Waals surface area (Å²) in [5, 5.41) is 6.82. The van der Waals surface area contributed by atoms with Crippen LogP contribution < -0.4 is 20.3 Å². The van der Waals surface area contributed by atoms with Crippen LogP contribution in [0.15, 0.2) is 41.0 Å². The molecule has 2 fully saturated rings. The third kappa shape index (κ3) is 4.84. The number of hydrogen-bond acceptors (Lipinski definition) is 5. The molecule has 162 valence electrons. The van der Waals surface area contributed by atoms with E-state index in [9.17, 15) is 4.79 Å². The molecular weight excluding hydrogens is 404 g/mol. The molecule has 3 heterocycles. The molecule has 8 heteroatoms. The van der Waals surface area contributed by atoms with E-state index in [2.05, 4.69) is 20.4 Å². The van der Waals surface area contributed by atoms with Crippen molar-refractivity contribution < 1.29 is 13.9 Å². The van der Waals surface area contributed by atoms with Crippen molar-refractivity contribution >= 4 is 23.3 Å². The van der Waals surface area contributed by atoms with Crippen molar-refractivity contribution in [3.8, 4) is 5.75 Å². The second kappa shape index (κ2) is 9.62. The van der Waals surface area contributed by atoms with Crippen molar-refractivity contribution in [2.75, 3.05) is 44.7 Å². The lowest BCUT2D eigenvalue weighted by Crippen LogP contribution is -2.46. The van der Waals surface area contributed by atoms with Gasteiger partial charge in [0.1, 0.15) is 11.5 Å². The molecule has 2 atom stereocenters. The minimum absolute atomic E-state index is 0.0718. The lowest BCUT2D eigenvalue weighted by atomic mass is 10.2. The highest BCUT2D eigenvalue weighted by Crippen LogP contribution is 2.33. The van der Waals surface area contributed by atoms with E-state index in [-0.39, 0.29) is 18.1 Å². The van der Waals surface area contributed by atoms with E-state index < -0.39 is 0 Å². The molecule has 2 aliphatic heterocycles. The van der Waals surface area contributed by atoms with Crippen molar-refractivity contribution in [2.45, 2.75) is 31.3 Å². The molecule has 0 saturated carbocycles. The maximum Gasteiger partial charge on any atom is 0.315 e. The van der Waals surface area contributed by atoms with Crippen LogP contribution in [0.5, 0.6) is 5.75 Å². The number of carbonyl (C=O) groups excluding carboxylic acids is 1. The topological polar surface area (TPSA) is 70.0 Å². The predicted octanol–water partition coefficient (Wildman–Crippen LogP) is 3.66. The number of hydrogen-bond donors (Lipinski definition) is 2. The molecule has 0 aliphatic carbocycles. The van der Waals surface area contributed by atoms with Crippen LogP contribution in [0.1, 0.15) is 31.1 Å². The van der Waals surface area contributed by atoms with Gasteiger partial charge in [-0.05, 0) is 62.7 Å². The van der Waals surface area contributed by atoms with E-state index in [0.717, 1.165) is 49.8 Å². The summed E-state index contributed by atoms with van der Waals surface area (Å²) < 4.78 is 11.1. The Morgan fingerprint density at radius 1 is 1.30 bits per heavy atom. The summed E-state index contributed by atoms with van der Waals surface area (Å²) in [5.41, 5.74) is 0.960. The highest BCUT2D eigenvalue weighted by Gasteiger charge is 2.28. The molecule has 1 aromatic carbocycles. The molecule has 2 saturated heterocycles. The summed E-state index contributed by atoms with van der Waals surface area (Å²) in [6, 6.07) is 9.48. The highest BCUT2D eigenvalue weighted by molar-refractivity contribution is 6.30. The van der Waals surface area contributed by atoms with Crippen LogP contribution in [0, 0.1) is 0 Å². The molecule has 2 amide bonds. The largest absolute Gasteiger partial charge is 0.495 e. The Kier molecular flexibility index (Phi) is 6.69. The third-order valence-corrected chi connectivity index (χ3v) is 6.15. The third-order valence-electron chi connectivity index (χ3n) is 5.91. The molecular formula is C22H29ClN4O3. The maximum atomic E-state index is 12.6. The van der Waals surface area contributed by atoms with Gasteiger partial charge in [0, 0.05) is 30.7 Å². The molecule has 4 rings (SSSR count). The van der Waals surface area contributed by atoms with E-state index in [1.54, 1.807) is 13.4 Å². The van der Waals surface area contributed by atoms with Gasteiger partial charge in [-0.3, -0.25) is 4.90 Å². The molecule has 0 spiro atoms. The molecule has 1 aromatic heterocycles. The second-order valence-electron chi connectivity index (χ2n) is 7.88. The molecule has 2 aromatic rings. The summed E-state index contributed by atoms with van der Waals surface area (Å²) in [5.74, 6) is 1.69. The average Bonchev–Trinajstić information content (AvgIpc) is 3.51. The summed E-state index contributed by atoms with van der Waals surface area (Å²) in [6.07, 6.45) is 4.94. The van der Waals surface area contributed by atoms with Crippen LogP contribution in [-0.4, -0.2) is 56.8 Å². The van der Waals surface area contributed by atoms with Crippen molar-refractivity contribution in [2.24, 2.45) is 0 Å². The van der Waals surface area contributed by atoms with Gasteiger partial charge in [0.2, 0.25) is 0 Å². The van der Waals surface area contributed by atoms with Crippen LogP contribution in [0.2, 0.25) is 5.02 Å². The van der Waals surface area contributed by atoms with Gasteiger partial charge in [0.15, 0.2) is 0 Å². The number of rotatable bonds is 7. The number of carbonyl (C=O) groups is 1. The van der Waals surface area contributed by atoms with Crippen LogP contribution in [0.25, 0.3) is 0 Å². The van der Waals surface area contributed by atoms with Crippen LogP contribution >= 0.6 is 11.6 Å². The Morgan fingerprint density at radius 2 is 2.13 bits per heavy atom. The van der Waals surface area contributed by atoms with Gasteiger partial charge in [-0.1, -0.05) is 11.6 Å². The van der Waals surface area contributed by atoms with Gasteiger partial charge in [0.25, 0.3) is 0 Å². The lowest BCUT2D eigenvalue weighted by molar-refractivity contribution is 0.202. The number of ether oxygens (including phenoxy) is 1. The molecule has 7 nitrogen and oxygen atoms in total. The van der Waals surface area contributed by atoms with Gasteiger partial charge >= 0.3 is 6.03 Å². The first-order valence-electron chi connectivity index (χ1n) is 10.5. The zero-order valence-electron chi connectivity index (χ0n) is 17.3. The molecule has 0 bridgehead atoms. The summed E-state index contributed by atoms with van der Waals surface area (Å²) >= 11 is 6.17. The summed E-state index contributed by atoms with van der Waals surface area (Å²) in [7, 11) is 1.65. The monoisotopic (exact) mass is 432 g/mol. The smallest absolute Gasteiger partial charge is 0.315 e. The van der Waals surface area contributed by atoms with Gasteiger partial charge in [0.05, 0.1) is 25.1 Å². The van der Waals surface area contributed by atoms with E-state index in [4.69, 9.17) is 20.8 Å². The minimum atomic E-state index is -0.143. The summed E-state index contributed by atoms with van der Waals surface area (Å²) in [4.78, 5) is 17.1. The molecule has 2 N–H and O–H groups in total. The van der Waals surface area contributed by atoms with Crippen LogP contribution in [0.4, 0.5) is 10.5 Å². The fraction of sp³-hybridized carbons (Fsp3) is 0.500. The number of nitrogens with one attached hydrogen (secondary N) is 2. The van der Waals surface area contributed by atoms with E-state index in [0.29, 0.717) is 11.6 Å². The fourth-order valence-corrected chi connectivity index (χ4v) is 4.54. The first-order chi connectivity index (χ1) is 14.6. The van der Waals surface area contributed by atoms with E-state index in [1.165, 1.54) is 12.8 Å². The molecule has 30 heavy (non-hydrogen) atoms. The lowest BCUT2D eigenvalue weighted by Gasteiger charge is -2.26. The first-order valence-corrected chi connectivity index (χ1v) is 10.9. The zero-order valence-corrected chi connectivity index (χ0v) is 18.0. The number of likely N-dealkylation sites (tertiary alicyclic amines) is 1. The van der Waals surface area contributed by atoms with Gasteiger partial charge in [-0.25, -0.2) is 4.79 Å². The molecule has 0 radical (unpaired) electrons. The Morgan fingerprint density at radius 3 is 2.87 bits per heavy atom. The molecule has 2 aliphatic rings. The van der Waals surface area contributed by atoms with Gasteiger partial charge in [-0.15, -0.1) is 0 Å². The van der Waals surface area contributed by atoms with Crippen LogP contribution in [0.3, 0.4) is 0 Å². The highest BCUT2D eigenvalue weighted by atomic mass is 35.5. The Balaban J connectivity index is 1.31. The standard InChI is InChI=1S/C22H29ClN4O3/c1-29-20-7-6-16(23)13-18(20)27-11-8-17(15-27)25-22(28)24-14-19(21-5-4-12-30-21)26-9-2-3-10-26/h4-7,12-13,17,19H,2-3,8-11,14-15H2,1H3,(H2,24,25,28). The number of halogens is 1. The van der Waals surface area contributed by atoms with E-state index in [1.807, 2.05) is 30.3 Å². The number of urea groups is 1. The Hall–Kier alpha value is -2.38. The first kappa shape index (κ1) is 20.9. The normalized spacial score (nSPS) is 20.3. The number of benzene rings is 1. The number of furan rings is 1. The van der Waals surface area contributed by atoms with Gasteiger partial charge < -0.3 is 24.7 Å². The van der Waals surface area contributed by atoms with Crippen molar-refractivity contribution in [1.29, 1.82) is 0 Å². The van der Waals surface area contributed by atoms with Crippen molar-refractivity contribution in [3.05, 3.63) is 47.4 Å². The van der Waals surface area contributed by atoms with Crippen molar-refractivity contribution in [1.82, 2.24) is 15.5 Å². The van der Waals surface area contributed by atoms with Gasteiger partial charge in [-0.2, -0.15) is 0 Å². The predicted molar refractivity (Wildman–Crippen MR) is 117 cm³/mol. The Labute approximate surface area is 182 Å². The number of anilines is 1. The quantitative estimate of drug-likeness (QED) is 0.698. The zero-order chi connectivity index (χ0) is 20.9. The van der Waals surface area contributed by atoms with Crippen molar-refractivity contribution in [3.63, 3.8) is 0 Å². The van der Waals surface area contributed by atoms with Crippen LogP contribution in [-0.2, 0) is 0 Å². The SMILES string of the molecule is COc1ccc(Cl)cc1N1CCC(NC(=O)NCC(c2ccco2)N2CCCC2)C1. The van der Waals surface area contributed by atoms with E-state index >= 15 is 0 Å². The second-order valence-corrected chi connectivity index (χ2v) is 8.31. The number of methoxy groups -OCH3 is 1. The molecule has 2 unspecified atom stereocenters. The number of amides is 2. The average molecular weight is 433 g/mol. The fourth-order valence-electron chi connectivity index (χ4n) is 4.38. The maximum absolute atomic E-state index is 12.6. The summed E-state index contributed by atoms with van der Waals surface area (Å²) in [6.45, 7) is 4.15. The Bertz CT molecular complexity index is 839.